The fourth-order valence-electron chi connectivity index (χ4n) is 2.06. The van der Waals surface area contributed by atoms with Crippen LogP contribution in [0.2, 0.25) is 0 Å². The van der Waals surface area contributed by atoms with Gasteiger partial charge in [0.15, 0.2) is 0 Å². The van der Waals surface area contributed by atoms with Crippen LogP contribution < -0.4 is 5.32 Å². The number of hydrogen-bond acceptors (Lipinski definition) is 2. The largest absolute Gasteiger partial charge is 0.383 e. The van der Waals surface area contributed by atoms with E-state index in [9.17, 15) is 4.79 Å². The highest BCUT2D eigenvalue weighted by Crippen LogP contribution is 2.51. The van der Waals surface area contributed by atoms with Gasteiger partial charge in [-0.3, -0.25) is 4.79 Å². The molecule has 2 aliphatic rings. The van der Waals surface area contributed by atoms with Crippen molar-refractivity contribution in [3.8, 4) is 0 Å². The number of anilines is 1. The Hall–Kier alpha value is -0.830. The van der Waals surface area contributed by atoms with Crippen LogP contribution in [0.15, 0.2) is 22.7 Å². The average Bonchev–Trinajstić information content (AvgIpc) is 2.59. The second kappa shape index (κ2) is 2.15. The summed E-state index contributed by atoms with van der Waals surface area (Å²) in [5.41, 5.74) is 2.15. The summed E-state index contributed by atoms with van der Waals surface area (Å²) >= 11 is 3.41. The molecule has 66 valence electrons. The van der Waals surface area contributed by atoms with Crippen LogP contribution in [0, 0.1) is 0 Å². The second-order valence-electron chi connectivity index (χ2n) is 3.73. The van der Waals surface area contributed by atoms with Crippen molar-refractivity contribution in [3.05, 3.63) is 28.2 Å². The first-order valence-corrected chi connectivity index (χ1v) is 5.09. The molecule has 0 bridgehead atoms. The minimum absolute atomic E-state index is 0.143. The van der Waals surface area contributed by atoms with Crippen LogP contribution in [0.4, 0.5) is 5.69 Å². The zero-order valence-corrected chi connectivity index (χ0v) is 8.52. The highest BCUT2D eigenvalue weighted by atomic mass is 79.9. The molecule has 1 spiro atoms. The number of fused-ring (bicyclic) bond motifs is 2. The van der Waals surface area contributed by atoms with E-state index in [0.29, 0.717) is 12.2 Å². The predicted octanol–water partition coefficient (Wildman–Crippen LogP) is 2.09. The van der Waals surface area contributed by atoms with Crippen molar-refractivity contribution in [3.63, 3.8) is 0 Å². The summed E-state index contributed by atoms with van der Waals surface area (Å²) in [6.45, 7) is 0.789. The van der Waals surface area contributed by atoms with Crippen LogP contribution in [-0.2, 0) is 10.2 Å². The molecule has 1 aliphatic carbocycles. The predicted molar refractivity (Wildman–Crippen MR) is 53.9 cm³/mol. The summed E-state index contributed by atoms with van der Waals surface area (Å²) < 4.78 is 1.06. The van der Waals surface area contributed by atoms with E-state index in [1.54, 1.807) is 0 Å². The molecular weight excluding hydrogens is 230 g/mol. The summed E-state index contributed by atoms with van der Waals surface area (Å²) in [5, 5.41) is 3.27. The molecule has 0 aromatic heterocycles. The van der Waals surface area contributed by atoms with E-state index in [1.165, 1.54) is 5.56 Å². The molecule has 3 rings (SSSR count). The van der Waals surface area contributed by atoms with E-state index in [0.717, 1.165) is 16.7 Å². The van der Waals surface area contributed by atoms with E-state index in [-0.39, 0.29) is 5.41 Å². The molecule has 0 amide bonds. The van der Waals surface area contributed by atoms with Gasteiger partial charge < -0.3 is 5.32 Å². The third kappa shape index (κ3) is 0.854. The Balaban J connectivity index is 2.18. The number of hydrogen-bond donors (Lipinski definition) is 1. The third-order valence-electron chi connectivity index (χ3n) is 2.95. The highest BCUT2D eigenvalue weighted by molar-refractivity contribution is 9.10. The first kappa shape index (κ1) is 7.56. The molecule has 1 unspecified atom stereocenters. The fourth-order valence-corrected chi connectivity index (χ4v) is 2.42. The minimum atomic E-state index is -0.143. The molecule has 1 aromatic rings. The molecule has 13 heavy (non-hydrogen) atoms. The Morgan fingerprint density at radius 3 is 2.92 bits per heavy atom. The van der Waals surface area contributed by atoms with E-state index >= 15 is 0 Å². The van der Waals surface area contributed by atoms with Gasteiger partial charge in [0.25, 0.3) is 0 Å². The molecule has 1 N–H and O–H groups in total. The standard InChI is InChI=1S/C10H8BrNO/c11-6-1-2-7-8(3-6)12-5-10(7)4-9(10)13/h1-3,12H,4-5H2. The molecule has 1 aliphatic heterocycles. The number of ketones is 1. The lowest BCUT2D eigenvalue weighted by molar-refractivity contribution is -0.111. The Kier molecular flexibility index (Phi) is 1.25. The summed E-state index contributed by atoms with van der Waals surface area (Å²) in [6, 6.07) is 6.08. The van der Waals surface area contributed by atoms with E-state index in [2.05, 4.69) is 21.2 Å². The van der Waals surface area contributed by atoms with Crippen LogP contribution in [-0.4, -0.2) is 12.3 Å². The van der Waals surface area contributed by atoms with Gasteiger partial charge in [-0.1, -0.05) is 22.0 Å². The lowest BCUT2D eigenvalue weighted by Crippen LogP contribution is -2.12. The van der Waals surface area contributed by atoms with Crippen molar-refractivity contribution in [2.45, 2.75) is 11.8 Å². The van der Waals surface area contributed by atoms with Crippen LogP contribution in [0.3, 0.4) is 0 Å². The first-order valence-electron chi connectivity index (χ1n) is 4.30. The van der Waals surface area contributed by atoms with Crippen LogP contribution in [0.1, 0.15) is 12.0 Å². The molecule has 1 heterocycles. The maximum absolute atomic E-state index is 11.3. The Bertz CT molecular complexity index is 415. The fraction of sp³-hybridized carbons (Fsp3) is 0.300. The molecule has 0 saturated heterocycles. The van der Waals surface area contributed by atoms with Gasteiger partial charge >= 0.3 is 0 Å². The summed E-state index contributed by atoms with van der Waals surface area (Å²) in [7, 11) is 0. The zero-order valence-electron chi connectivity index (χ0n) is 6.93. The number of halogens is 1. The monoisotopic (exact) mass is 237 g/mol. The third-order valence-corrected chi connectivity index (χ3v) is 3.44. The maximum Gasteiger partial charge on any atom is 0.147 e. The van der Waals surface area contributed by atoms with Crippen molar-refractivity contribution in [1.29, 1.82) is 0 Å². The number of nitrogens with one attached hydrogen (secondary N) is 1. The molecular formula is C10H8BrNO. The summed E-state index contributed by atoms with van der Waals surface area (Å²) in [6.07, 6.45) is 0.717. The van der Waals surface area contributed by atoms with Gasteiger partial charge in [-0.25, -0.2) is 0 Å². The quantitative estimate of drug-likeness (QED) is 0.749. The van der Waals surface area contributed by atoms with Crippen LogP contribution in [0.25, 0.3) is 0 Å². The van der Waals surface area contributed by atoms with E-state index in [4.69, 9.17) is 0 Å². The topological polar surface area (TPSA) is 29.1 Å². The molecule has 0 radical (unpaired) electrons. The van der Waals surface area contributed by atoms with Crippen LogP contribution in [0.5, 0.6) is 0 Å². The van der Waals surface area contributed by atoms with Gasteiger partial charge in [-0.05, 0) is 17.7 Å². The maximum atomic E-state index is 11.3. The van der Waals surface area contributed by atoms with Gasteiger partial charge in [-0.15, -0.1) is 0 Å². The smallest absolute Gasteiger partial charge is 0.147 e. The van der Waals surface area contributed by atoms with Crippen molar-refractivity contribution in [2.75, 3.05) is 11.9 Å². The molecule has 1 fully saturated rings. The number of Topliss-reactive ketones (excluding diaryl/α,β-unsaturated/α-hetero) is 1. The second-order valence-corrected chi connectivity index (χ2v) is 4.64. The van der Waals surface area contributed by atoms with Crippen molar-refractivity contribution < 1.29 is 4.79 Å². The number of rotatable bonds is 0. The van der Waals surface area contributed by atoms with Crippen molar-refractivity contribution in [2.24, 2.45) is 0 Å². The normalized spacial score (nSPS) is 28.8. The Morgan fingerprint density at radius 1 is 1.46 bits per heavy atom. The zero-order chi connectivity index (χ0) is 9.05. The van der Waals surface area contributed by atoms with Gasteiger partial charge in [-0.2, -0.15) is 0 Å². The minimum Gasteiger partial charge on any atom is -0.383 e. The van der Waals surface area contributed by atoms with E-state index in [1.807, 2.05) is 18.2 Å². The van der Waals surface area contributed by atoms with Crippen molar-refractivity contribution >= 4 is 27.4 Å². The molecule has 3 heteroatoms. The van der Waals surface area contributed by atoms with Gasteiger partial charge in [0, 0.05) is 23.1 Å². The molecule has 2 nitrogen and oxygen atoms in total. The first-order chi connectivity index (χ1) is 6.22. The molecule has 1 atom stereocenters. The Labute approximate surface area is 84.5 Å². The number of carbonyl (C=O) groups is 1. The van der Waals surface area contributed by atoms with Crippen LogP contribution >= 0.6 is 15.9 Å². The van der Waals surface area contributed by atoms with Gasteiger partial charge in [0.1, 0.15) is 5.78 Å². The lowest BCUT2D eigenvalue weighted by atomic mass is 9.99. The molecule has 1 aromatic carbocycles. The van der Waals surface area contributed by atoms with E-state index < -0.39 is 0 Å². The number of carbonyl (C=O) groups excluding carboxylic acids is 1. The van der Waals surface area contributed by atoms with Gasteiger partial charge in [0.2, 0.25) is 0 Å². The molecule has 1 saturated carbocycles. The lowest BCUT2D eigenvalue weighted by Gasteiger charge is -2.02. The van der Waals surface area contributed by atoms with Crippen molar-refractivity contribution in [1.82, 2.24) is 0 Å². The summed E-state index contributed by atoms with van der Waals surface area (Å²) in [4.78, 5) is 11.3. The number of benzene rings is 1. The average molecular weight is 238 g/mol. The Morgan fingerprint density at radius 2 is 2.23 bits per heavy atom. The summed E-state index contributed by atoms with van der Waals surface area (Å²) in [5.74, 6) is 0.376. The highest BCUT2D eigenvalue weighted by Gasteiger charge is 2.58. The van der Waals surface area contributed by atoms with Gasteiger partial charge in [0.05, 0.1) is 5.41 Å². The SMILES string of the molecule is O=C1CC12CNc1cc(Br)ccc12.